The third-order valence-electron chi connectivity index (χ3n) is 5.31. The van der Waals surface area contributed by atoms with Crippen LogP contribution >= 0.6 is 0 Å². The second kappa shape index (κ2) is 7.63. The van der Waals surface area contributed by atoms with Crippen LogP contribution in [0.1, 0.15) is 48.8 Å². The maximum Gasteiger partial charge on any atom is 0.410 e. The second-order valence-corrected chi connectivity index (χ2v) is 8.70. The summed E-state index contributed by atoms with van der Waals surface area (Å²) in [6.45, 7) is 9.29. The molecule has 154 valence electrons. The molecule has 4 rings (SSSR count). The number of amides is 1. The van der Waals surface area contributed by atoms with E-state index >= 15 is 0 Å². The van der Waals surface area contributed by atoms with E-state index in [2.05, 4.69) is 27.2 Å². The molecule has 0 radical (unpaired) electrons. The van der Waals surface area contributed by atoms with Crippen molar-refractivity contribution in [3.05, 3.63) is 52.3 Å². The molecule has 2 aliphatic rings. The third-order valence-corrected chi connectivity index (χ3v) is 5.31. The van der Waals surface area contributed by atoms with Gasteiger partial charge in [-0.1, -0.05) is 12.1 Å². The first-order valence-electron chi connectivity index (χ1n) is 10.0. The highest BCUT2D eigenvalue weighted by molar-refractivity contribution is 5.69. The number of rotatable bonds is 3. The Bertz CT molecular complexity index is 906. The van der Waals surface area contributed by atoms with E-state index in [1.165, 1.54) is 11.1 Å². The van der Waals surface area contributed by atoms with Crippen LogP contribution in [0.4, 0.5) is 4.79 Å². The third kappa shape index (κ3) is 4.34. The van der Waals surface area contributed by atoms with Crippen LogP contribution in [-0.4, -0.2) is 45.3 Å². The van der Waals surface area contributed by atoms with Crippen molar-refractivity contribution >= 4 is 6.09 Å². The van der Waals surface area contributed by atoms with Gasteiger partial charge in [0.05, 0.1) is 31.6 Å². The van der Waals surface area contributed by atoms with Gasteiger partial charge in [-0.2, -0.15) is 10.2 Å². The molecule has 0 N–H and O–H groups in total. The van der Waals surface area contributed by atoms with E-state index in [4.69, 9.17) is 9.47 Å². The minimum Gasteiger partial charge on any atom is -0.497 e. The van der Waals surface area contributed by atoms with Gasteiger partial charge in [0.15, 0.2) is 0 Å². The highest BCUT2D eigenvalue weighted by atomic mass is 16.6. The molecule has 1 amide bonds. The number of methoxy groups -OCH3 is 1. The van der Waals surface area contributed by atoms with Gasteiger partial charge in [0, 0.05) is 31.6 Å². The van der Waals surface area contributed by atoms with Gasteiger partial charge in [0.25, 0.3) is 0 Å². The quantitative estimate of drug-likeness (QED) is 0.793. The molecule has 0 saturated heterocycles. The van der Waals surface area contributed by atoms with Crippen molar-refractivity contribution in [2.24, 2.45) is 0 Å². The molecule has 0 fully saturated rings. The molecule has 7 nitrogen and oxygen atoms in total. The molecule has 0 atom stereocenters. The van der Waals surface area contributed by atoms with E-state index in [0.29, 0.717) is 13.1 Å². The molecule has 2 aromatic rings. The van der Waals surface area contributed by atoms with E-state index in [9.17, 15) is 4.79 Å². The van der Waals surface area contributed by atoms with E-state index in [1.807, 2.05) is 32.9 Å². The monoisotopic (exact) mass is 396 g/mol. The molecule has 0 unspecified atom stereocenters. The van der Waals surface area contributed by atoms with Crippen LogP contribution in [0.3, 0.4) is 0 Å². The van der Waals surface area contributed by atoms with Gasteiger partial charge in [-0.3, -0.25) is 9.80 Å². The van der Waals surface area contributed by atoms with Crippen molar-refractivity contribution < 1.29 is 14.3 Å². The molecule has 29 heavy (non-hydrogen) atoms. The first-order valence-corrected chi connectivity index (χ1v) is 10.0. The van der Waals surface area contributed by atoms with Gasteiger partial charge in [0.2, 0.25) is 0 Å². The number of carbonyl (C=O) groups excluding carboxylic acids is 1. The lowest BCUT2D eigenvalue weighted by Crippen LogP contribution is -2.34. The Morgan fingerprint density at radius 1 is 1.03 bits per heavy atom. The van der Waals surface area contributed by atoms with Crippen molar-refractivity contribution in [1.29, 1.82) is 0 Å². The van der Waals surface area contributed by atoms with Crippen LogP contribution in [0.5, 0.6) is 5.75 Å². The molecule has 1 aromatic carbocycles. The van der Waals surface area contributed by atoms with E-state index in [-0.39, 0.29) is 6.09 Å². The van der Waals surface area contributed by atoms with E-state index < -0.39 is 5.60 Å². The number of benzene rings is 1. The predicted molar refractivity (Wildman–Crippen MR) is 108 cm³/mol. The molecular formula is C22H28N4O3. The zero-order valence-corrected chi connectivity index (χ0v) is 17.6. The average molecular weight is 396 g/mol. The standard InChI is InChI=1S/C22H28N4O3/c1-22(2,3)29-21(27)26-13-18-17-12-25(10-9-19(17)23-24-20(18)14-26)11-15-5-7-16(28-4)8-6-15/h5-8H,9-14H2,1-4H3. The fraction of sp³-hybridized carbons (Fsp3) is 0.500. The van der Waals surface area contributed by atoms with Crippen LogP contribution in [0.25, 0.3) is 0 Å². The molecule has 2 aliphatic heterocycles. The normalized spacial score (nSPS) is 16.3. The van der Waals surface area contributed by atoms with Crippen LogP contribution in [0.15, 0.2) is 24.3 Å². The largest absolute Gasteiger partial charge is 0.497 e. The van der Waals surface area contributed by atoms with Crippen molar-refractivity contribution in [3.63, 3.8) is 0 Å². The SMILES string of the molecule is COc1ccc(CN2CCc3nnc4c(c3C2)CN(C(=O)OC(C)(C)C)C4)cc1. The zero-order valence-electron chi connectivity index (χ0n) is 17.6. The number of ether oxygens (including phenoxy) is 2. The first kappa shape index (κ1) is 19.6. The predicted octanol–water partition coefficient (Wildman–Crippen LogP) is 3.29. The molecule has 3 heterocycles. The molecule has 0 bridgehead atoms. The van der Waals surface area contributed by atoms with Crippen LogP contribution < -0.4 is 4.74 Å². The molecule has 0 spiro atoms. The summed E-state index contributed by atoms with van der Waals surface area (Å²) < 4.78 is 10.8. The van der Waals surface area contributed by atoms with Crippen LogP contribution in [0.2, 0.25) is 0 Å². The fourth-order valence-electron chi connectivity index (χ4n) is 3.86. The Morgan fingerprint density at radius 2 is 1.72 bits per heavy atom. The molecule has 7 heteroatoms. The number of carbonyl (C=O) groups is 1. The number of nitrogens with zero attached hydrogens (tertiary/aromatic N) is 4. The fourth-order valence-corrected chi connectivity index (χ4v) is 3.86. The molecule has 0 aliphatic carbocycles. The number of fused-ring (bicyclic) bond motifs is 3. The number of hydrogen-bond donors (Lipinski definition) is 0. The lowest BCUT2D eigenvalue weighted by molar-refractivity contribution is 0.0240. The lowest BCUT2D eigenvalue weighted by atomic mass is 9.99. The molecular weight excluding hydrogens is 368 g/mol. The van der Waals surface area contributed by atoms with Gasteiger partial charge in [-0.15, -0.1) is 0 Å². The minimum absolute atomic E-state index is 0.296. The lowest BCUT2D eigenvalue weighted by Gasteiger charge is -2.29. The number of hydrogen-bond acceptors (Lipinski definition) is 6. The van der Waals surface area contributed by atoms with E-state index in [0.717, 1.165) is 48.8 Å². The summed E-state index contributed by atoms with van der Waals surface area (Å²) in [6.07, 6.45) is 0.577. The Labute approximate surface area is 171 Å². The summed E-state index contributed by atoms with van der Waals surface area (Å²) in [4.78, 5) is 16.6. The van der Waals surface area contributed by atoms with Crippen LogP contribution in [-0.2, 0) is 37.3 Å². The van der Waals surface area contributed by atoms with Crippen molar-refractivity contribution in [1.82, 2.24) is 20.0 Å². The summed E-state index contributed by atoms with van der Waals surface area (Å²) in [5.41, 5.74) is 5.05. The number of aromatic nitrogens is 2. The highest BCUT2D eigenvalue weighted by Crippen LogP contribution is 2.30. The summed E-state index contributed by atoms with van der Waals surface area (Å²) >= 11 is 0. The average Bonchev–Trinajstić information content (AvgIpc) is 3.12. The first-order chi connectivity index (χ1) is 13.8. The van der Waals surface area contributed by atoms with Crippen molar-refractivity contribution in [2.45, 2.75) is 59.0 Å². The Morgan fingerprint density at radius 3 is 2.41 bits per heavy atom. The van der Waals surface area contributed by atoms with Gasteiger partial charge in [0.1, 0.15) is 11.4 Å². The summed E-state index contributed by atoms with van der Waals surface area (Å²) in [7, 11) is 1.68. The molecule has 0 saturated carbocycles. The van der Waals surface area contributed by atoms with Gasteiger partial charge >= 0.3 is 6.09 Å². The summed E-state index contributed by atoms with van der Waals surface area (Å²) in [5, 5.41) is 8.85. The summed E-state index contributed by atoms with van der Waals surface area (Å²) in [5.74, 6) is 0.869. The van der Waals surface area contributed by atoms with Crippen molar-refractivity contribution in [2.75, 3.05) is 13.7 Å². The minimum atomic E-state index is -0.508. The second-order valence-electron chi connectivity index (χ2n) is 8.70. The Kier molecular flexibility index (Phi) is 5.17. The van der Waals surface area contributed by atoms with Gasteiger partial charge in [-0.05, 0) is 44.0 Å². The maximum atomic E-state index is 12.5. The Balaban J connectivity index is 1.48. The molecule has 1 aromatic heterocycles. The zero-order chi connectivity index (χ0) is 20.6. The smallest absolute Gasteiger partial charge is 0.410 e. The highest BCUT2D eigenvalue weighted by Gasteiger charge is 2.33. The summed E-state index contributed by atoms with van der Waals surface area (Å²) in [6, 6.07) is 8.20. The maximum absolute atomic E-state index is 12.5. The topological polar surface area (TPSA) is 67.8 Å². The Hall–Kier alpha value is -2.67. The van der Waals surface area contributed by atoms with Crippen LogP contribution in [0, 0.1) is 0 Å². The van der Waals surface area contributed by atoms with Gasteiger partial charge in [-0.25, -0.2) is 4.79 Å². The van der Waals surface area contributed by atoms with E-state index in [1.54, 1.807) is 12.0 Å². The van der Waals surface area contributed by atoms with Crippen molar-refractivity contribution in [3.8, 4) is 5.75 Å². The van der Waals surface area contributed by atoms with Gasteiger partial charge < -0.3 is 9.47 Å².